The number of alkyl halides is 2. The number of carboxylic acid groups (broad SMARTS) is 1. The molecule has 2 fully saturated rings. The summed E-state index contributed by atoms with van der Waals surface area (Å²) in [4.78, 5) is 29.7. The average Bonchev–Trinajstić information content (AvgIpc) is 3.95. The van der Waals surface area contributed by atoms with E-state index in [-0.39, 0.29) is 44.8 Å². The van der Waals surface area contributed by atoms with E-state index in [4.69, 9.17) is 44.8 Å². The zero-order valence-corrected chi connectivity index (χ0v) is 33.3. The number of aryl methyl sites for hydroxylation is 1. The lowest BCUT2D eigenvalue weighted by atomic mass is 10.0. The van der Waals surface area contributed by atoms with Gasteiger partial charge in [0.05, 0.1) is 48.0 Å². The third kappa shape index (κ3) is 12.7. The fourth-order valence-corrected chi connectivity index (χ4v) is 8.15. The molecular formula is C37H47ClFN3O11S2. The van der Waals surface area contributed by atoms with Crippen molar-refractivity contribution in [2.45, 2.75) is 75.6 Å². The number of carbonyl (C=O) groups excluding carboxylic acids is 1. The van der Waals surface area contributed by atoms with Crippen LogP contribution in [0.3, 0.4) is 0 Å². The smallest absolute Gasteiger partial charge is 0.405 e. The molecule has 0 radical (unpaired) electrons. The Morgan fingerprint density at radius 2 is 1.85 bits per heavy atom. The Labute approximate surface area is 331 Å². The van der Waals surface area contributed by atoms with E-state index in [1.54, 1.807) is 46.0 Å². The summed E-state index contributed by atoms with van der Waals surface area (Å²) in [6, 6.07) is 11.3. The van der Waals surface area contributed by atoms with Gasteiger partial charge in [-0.25, -0.2) is 27.5 Å². The van der Waals surface area contributed by atoms with Crippen LogP contribution in [0.15, 0.2) is 52.7 Å². The third-order valence-corrected chi connectivity index (χ3v) is 11.0. The van der Waals surface area contributed by atoms with Gasteiger partial charge in [-0.05, 0) is 49.1 Å². The number of hydrogen-bond donors (Lipinski definition) is 2. The van der Waals surface area contributed by atoms with Gasteiger partial charge in [-0.3, -0.25) is 0 Å². The Hall–Kier alpha value is -3.58. The lowest BCUT2D eigenvalue weighted by molar-refractivity contribution is -0.156. The SMILES string of the molecule is Cc1nc(COc2ccc(C[C@H](NC(=O)O)C(CN(CC(C)C)S(=O)c3ccc4c(c3)OCO4)OC(=O)COCCCl)cc2)cs1.FC12CCOC1OCC2. The molecule has 3 atom stereocenters. The monoisotopic (exact) mass is 827 g/mol. The molecule has 2 saturated heterocycles. The molecule has 2 unspecified atom stereocenters. The van der Waals surface area contributed by atoms with Crippen molar-refractivity contribution >= 4 is 46.0 Å². The predicted octanol–water partition coefficient (Wildman–Crippen LogP) is 5.65. The normalized spacial score (nSPS) is 20.0. The first-order chi connectivity index (χ1) is 26.4. The second-order valence-electron chi connectivity index (χ2n) is 13.4. The molecule has 0 saturated carbocycles. The highest BCUT2D eigenvalue weighted by molar-refractivity contribution is 7.82. The highest BCUT2D eigenvalue weighted by Gasteiger charge is 2.49. The minimum atomic E-state index is -1.71. The highest BCUT2D eigenvalue weighted by Crippen LogP contribution is 2.38. The Morgan fingerprint density at radius 1 is 1.13 bits per heavy atom. The van der Waals surface area contributed by atoms with E-state index >= 15 is 0 Å². The molecule has 18 heteroatoms. The molecule has 0 spiro atoms. The van der Waals surface area contributed by atoms with E-state index in [0.29, 0.717) is 61.4 Å². The number of amides is 1. The van der Waals surface area contributed by atoms with Crippen LogP contribution in [-0.2, 0) is 47.8 Å². The Kier molecular flexibility index (Phi) is 15.9. The molecule has 3 aliphatic rings. The zero-order chi connectivity index (χ0) is 39.4. The molecule has 1 amide bonds. The van der Waals surface area contributed by atoms with Gasteiger partial charge in [-0.2, -0.15) is 0 Å². The number of aromatic nitrogens is 1. The molecule has 1 aromatic heterocycles. The summed E-state index contributed by atoms with van der Waals surface area (Å²) in [6.07, 6.45) is -1.68. The second-order valence-corrected chi connectivity index (χ2v) is 16.4. The number of esters is 1. The van der Waals surface area contributed by atoms with Crippen molar-refractivity contribution in [3.8, 4) is 17.2 Å². The minimum Gasteiger partial charge on any atom is -0.487 e. The van der Waals surface area contributed by atoms with Crippen molar-refractivity contribution < 1.29 is 56.5 Å². The van der Waals surface area contributed by atoms with Gasteiger partial charge in [-0.15, -0.1) is 22.9 Å². The minimum absolute atomic E-state index is 0.0420. The van der Waals surface area contributed by atoms with Crippen molar-refractivity contribution in [1.29, 1.82) is 0 Å². The van der Waals surface area contributed by atoms with Crippen LogP contribution in [0.4, 0.5) is 9.18 Å². The van der Waals surface area contributed by atoms with Gasteiger partial charge in [0.1, 0.15) is 36.1 Å². The number of hydrogen-bond acceptors (Lipinski definition) is 12. The maximum atomic E-state index is 13.9. The quantitative estimate of drug-likeness (QED) is 0.0923. The first-order valence-electron chi connectivity index (χ1n) is 17.9. The summed E-state index contributed by atoms with van der Waals surface area (Å²) < 4.78 is 66.6. The van der Waals surface area contributed by atoms with Crippen molar-refractivity contribution in [1.82, 2.24) is 14.6 Å². The second kappa shape index (κ2) is 20.5. The summed E-state index contributed by atoms with van der Waals surface area (Å²) in [5.41, 5.74) is 0.461. The molecule has 0 bridgehead atoms. The number of nitrogens with zero attached hydrogens (tertiary/aromatic N) is 2. The average molecular weight is 828 g/mol. The van der Waals surface area contributed by atoms with E-state index in [1.165, 1.54) is 0 Å². The number of halogens is 2. The zero-order valence-electron chi connectivity index (χ0n) is 30.9. The predicted molar refractivity (Wildman–Crippen MR) is 202 cm³/mol. The standard InChI is InChI=1S/C31H38ClN3O9S2.C6H9FO2/c1-20(2)14-35(46(39)25-8-9-27-28(13-25)43-19-42-27)15-29(44-30(36)17-40-11-10-32)26(34-31(37)38)12-22-4-6-24(7-5-22)41-16-23-18-45-21(3)33-23;7-6-1-3-8-5(6)9-4-2-6/h4-9,13,18,20,26,29,34H,10-12,14-17,19H2,1-3H3,(H,37,38);5H,1-4H2/t26-,29?,46?;/m0./s1. The molecule has 2 aromatic carbocycles. The number of benzene rings is 2. The molecule has 14 nitrogen and oxygen atoms in total. The molecule has 0 aliphatic carbocycles. The molecule has 4 heterocycles. The van der Waals surface area contributed by atoms with Crippen LogP contribution in [0, 0.1) is 12.8 Å². The first-order valence-corrected chi connectivity index (χ1v) is 20.4. The number of rotatable bonds is 18. The van der Waals surface area contributed by atoms with Gasteiger partial charge in [0.2, 0.25) is 6.79 Å². The van der Waals surface area contributed by atoms with Crippen LogP contribution in [0.1, 0.15) is 43.0 Å². The summed E-state index contributed by atoms with van der Waals surface area (Å²) >= 11 is 7.23. The Balaban J connectivity index is 0.000000557. The number of thiazole rings is 1. The van der Waals surface area contributed by atoms with E-state index in [0.717, 1.165) is 16.3 Å². The largest absolute Gasteiger partial charge is 0.487 e. The Bertz CT molecular complexity index is 1720. The first kappa shape index (κ1) is 42.6. The van der Waals surface area contributed by atoms with E-state index < -0.39 is 47.2 Å². The lowest BCUT2D eigenvalue weighted by Gasteiger charge is -2.32. The van der Waals surface area contributed by atoms with Gasteiger partial charge in [0.25, 0.3) is 0 Å². The lowest BCUT2D eigenvalue weighted by Crippen LogP contribution is -2.52. The molecule has 6 rings (SSSR count). The molecule has 3 aromatic rings. The fraction of sp³-hybridized carbons (Fsp3) is 0.541. The van der Waals surface area contributed by atoms with Gasteiger partial charge in [0, 0.05) is 36.7 Å². The molecule has 55 heavy (non-hydrogen) atoms. The molecular weight excluding hydrogens is 781 g/mol. The van der Waals surface area contributed by atoms with Gasteiger partial charge in [-0.1, -0.05) is 26.0 Å². The molecule has 3 aliphatic heterocycles. The topological polar surface area (TPSA) is 164 Å². The van der Waals surface area contributed by atoms with Gasteiger partial charge >= 0.3 is 12.1 Å². The third-order valence-electron chi connectivity index (χ3n) is 8.64. The number of nitrogens with one attached hydrogen (secondary N) is 1. The fourth-order valence-electron chi connectivity index (χ4n) is 6.03. The van der Waals surface area contributed by atoms with Gasteiger partial charge in [0.15, 0.2) is 23.5 Å². The van der Waals surface area contributed by atoms with Crippen molar-refractivity contribution in [2.75, 3.05) is 52.2 Å². The summed E-state index contributed by atoms with van der Waals surface area (Å²) in [7, 11) is -1.71. The van der Waals surface area contributed by atoms with Crippen LogP contribution < -0.4 is 19.5 Å². The van der Waals surface area contributed by atoms with E-state index in [1.807, 2.05) is 38.3 Å². The van der Waals surface area contributed by atoms with Crippen molar-refractivity contribution in [3.05, 3.63) is 64.1 Å². The summed E-state index contributed by atoms with van der Waals surface area (Å²) in [6.45, 7) is 7.39. The van der Waals surface area contributed by atoms with Crippen LogP contribution in [0.2, 0.25) is 0 Å². The van der Waals surface area contributed by atoms with Crippen molar-refractivity contribution in [3.63, 3.8) is 0 Å². The van der Waals surface area contributed by atoms with E-state index in [2.05, 4.69) is 10.3 Å². The van der Waals surface area contributed by atoms with Crippen LogP contribution >= 0.6 is 22.9 Å². The number of carbonyl (C=O) groups is 2. The number of ether oxygens (including phenoxy) is 7. The van der Waals surface area contributed by atoms with Crippen molar-refractivity contribution in [2.24, 2.45) is 5.92 Å². The van der Waals surface area contributed by atoms with Crippen LogP contribution in [0.25, 0.3) is 0 Å². The maximum Gasteiger partial charge on any atom is 0.405 e. The van der Waals surface area contributed by atoms with Gasteiger partial charge < -0.3 is 43.6 Å². The summed E-state index contributed by atoms with van der Waals surface area (Å²) in [5.74, 6) is 1.23. The number of fused-ring (bicyclic) bond motifs is 2. The highest BCUT2D eigenvalue weighted by atomic mass is 35.5. The van der Waals surface area contributed by atoms with E-state index in [9.17, 15) is 23.3 Å². The van der Waals surface area contributed by atoms with Crippen LogP contribution in [0.5, 0.6) is 17.2 Å². The molecule has 302 valence electrons. The van der Waals surface area contributed by atoms with Crippen LogP contribution in [-0.4, -0.2) is 107 Å². The maximum absolute atomic E-state index is 13.9. The Morgan fingerprint density at radius 3 is 2.49 bits per heavy atom. The summed E-state index contributed by atoms with van der Waals surface area (Å²) in [5, 5.41) is 15.2. The molecule has 2 N–H and O–H groups in total.